The van der Waals surface area contributed by atoms with Gasteiger partial charge in [0, 0.05) is 26.7 Å². The minimum Gasteiger partial charge on any atom is -0.493 e. The van der Waals surface area contributed by atoms with E-state index in [9.17, 15) is 0 Å². The molecule has 1 aromatic carbocycles. The highest BCUT2D eigenvalue weighted by molar-refractivity contribution is 7.99. The van der Waals surface area contributed by atoms with Gasteiger partial charge in [-0.1, -0.05) is 33.8 Å². The van der Waals surface area contributed by atoms with Gasteiger partial charge in [0.15, 0.2) is 11.5 Å². The first kappa shape index (κ1) is 29.2. The van der Waals surface area contributed by atoms with Crippen LogP contribution in [0.2, 0.25) is 0 Å². The van der Waals surface area contributed by atoms with E-state index in [2.05, 4.69) is 28.6 Å². The molecule has 2 aliphatic rings. The van der Waals surface area contributed by atoms with Crippen molar-refractivity contribution in [3.63, 3.8) is 0 Å². The Kier molecular flexibility index (Phi) is 13.4. The van der Waals surface area contributed by atoms with Crippen molar-refractivity contribution >= 4 is 11.8 Å². The maximum absolute atomic E-state index is 5.77. The number of piperidine rings is 1. The van der Waals surface area contributed by atoms with Gasteiger partial charge in [-0.3, -0.25) is 4.90 Å². The second-order valence-electron chi connectivity index (χ2n) is 7.27. The first-order valence-electron chi connectivity index (χ1n) is 11.8. The van der Waals surface area contributed by atoms with Gasteiger partial charge in [0.2, 0.25) is 5.75 Å². The van der Waals surface area contributed by atoms with Gasteiger partial charge in [-0.2, -0.15) is 0 Å². The van der Waals surface area contributed by atoms with Crippen LogP contribution in [0.15, 0.2) is 36.1 Å². The van der Waals surface area contributed by atoms with E-state index in [1.807, 2.05) is 64.9 Å². The fourth-order valence-corrected chi connectivity index (χ4v) is 4.71. The zero-order chi connectivity index (χ0) is 24.9. The maximum Gasteiger partial charge on any atom is 0.203 e. The lowest BCUT2D eigenvalue weighted by molar-refractivity contribution is 0.0164. The first-order chi connectivity index (χ1) is 16.1. The number of hydrogen-bond acceptors (Lipinski definition) is 7. The molecule has 0 radical (unpaired) electrons. The zero-order valence-electron chi connectivity index (χ0n) is 22.0. The number of benzene rings is 1. The second-order valence-corrected chi connectivity index (χ2v) is 8.43. The lowest BCUT2D eigenvalue weighted by atomic mass is 9.99. The van der Waals surface area contributed by atoms with Crippen LogP contribution in [0.25, 0.3) is 0 Å². The summed E-state index contributed by atoms with van der Waals surface area (Å²) in [6.45, 7) is 11.0. The normalized spacial score (nSPS) is 19.1. The highest BCUT2D eigenvalue weighted by Gasteiger charge is 2.33. The SMILES string of the molecule is CC.CC.COc1cc(C2C=C(CN3CCC(OC)(SC)CC3)C=CN2)cc(OC)c1OC. The molecule has 1 aromatic rings. The highest BCUT2D eigenvalue weighted by Crippen LogP contribution is 2.40. The summed E-state index contributed by atoms with van der Waals surface area (Å²) in [4.78, 5) is 2.48. The number of methoxy groups -OCH3 is 4. The Morgan fingerprint density at radius 3 is 2.00 bits per heavy atom. The summed E-state index contributed by atoms with van der Waals surface area (Å²) in [5.41, 5.74) is 2.37. The summed E-state index contributed by atoms with van der Waals surface area (Å²) >= 11 is 1.83. The molecule has 0 bridgehead atoms. The number of hydrogen-bond donors (Lipinski definition) is 1. The maximum atomic E-state index is 5.77. The van der Waals surface area contributed by atoms with Crippen LogP contribution in [0.4, 0.5) is 0 Å². The van der Waals surface area contributed by atoms with Gasteiger partial charge in [-0.15, -0.1) is 11.8 Å². The standard InChI is InChI=1S/C22H32N2O4S.2C2H6/c1-25-19-13-17(14-20(26-2)21(19)27-3)18-12-16(6-9-23-18)15-24-10-7-22(28-4,29-5)8-11-24;2*1-2/h6,9,12-14,18,23H,7-8,10-11,15H2,1-5H3;2*1-2H3. The molecule has 0 aromatic heterocycles. The van der Waals surface area contributed by atoms with E-state index in [0.29, 0.717) is 17.2 Å². The third-order valence-corrected chi connectivity index (χ3v) is 7.09. The van der Waals surface area contributed by atoms with Crippen molar-refractivity contribution in [3.8, 4) is 17.2 Å². The second kappa shape index (κ2) is 15.1. The largest absolute Gasteiger partial charge is 0.493 e. The van der Waals surface area contributed by atoms with Crippen LogP contribution in [0.3, 0.4) is 0 Å². The molecule has 7 heteroatoms. The predicted molar refractivity (Wildman–Crippen MR) is 141 cm³/mol. The van der Waals surface area contributed by atoms with E-state index < -0.39 is 0 Å². The molecule has 3 rings (SSSR count). The van der Waals surface area contributed by atoms with Crippen molar-refractivity contribution in [1.29, 1.82) is 0 Å². The van der Waals surface area contributed by atoms with Crippen LogP contribution >= 0.6 is 11.8 Å². The Morgan fingerprint density at radius 1 is 0.970 bits per heavy atom. The topological polar surface area (TPSA) is 52.2 Å². The monoisotopic (exact) mass is 480 g/mol. The smallest absolute Gasteiger partial charge is 0.203 e. The third-order valence-electron chi connectivity index (χ3n) is 5.77. The average molecular weight is 481 g/mol. The fourth-order valence-electron chi connectivity index (χ4n) is 3.96. The van der Waals surface area contributed by atoms with E-state index in [1.165, 1.54) is 5.57 Å². The van der Waals surface area contributed by atoms with Gasteiger partial charge in [-0.25, -0.2) is 0 Å². The quantitative estimate of drug-likeness (QED) is 0.483. The van der Waals surface area contributed by atoms with Crippen LogP contribution < -0.4 is 19.5 Å². The van der Waals surface area contributed by atoms with Gasteiger partial charge in [0.25, 0.3) is 0 Å². The van der Waals surface area contributed by atoms with Crippen LogP contribution in [0.1, 0.15) is 52.1 Å². The summed E-state index contributed by atoms with van der Waals surface area (Å²) in [6.07, 6.45) is 10.7. The van der Waals surface area contributed by atoms with Crippen molar-refractivity contribution in [1.82, 2.24) is 10.2 Å². The lowest BCUT2D eigenvalue weighted by Crippen LogP contribution is -2.44. The minimum absolute atomic E-state index is 0.0203. The third kappa shape index (κ3) is 7.59. The summed E-state index contributed by atoms with van der Waals surface area (Å²) < 4.78 is 22.2. The molecule has 0 amide bonds. The van der Waals surface area contributed by atoms with E-state index >= 15 is 0 Å². The van der Waals surface area contributed by atoms with Crippen LogP contribution in [0, 0.1) is 0 Å². The Morgan fingerprint density at radius 2 is 1.55 bits per heavy atom. The van der Waals surface area contributed by atoms with E-state index in [4.69, 9.17) is 18.9 Å². The Bertz CT molecular complexity index is 728. The summed E-state index contributed by atoms with van der Waals surface area (Å²) in [5.74, 6) is 1.94. The number of likely N-dealkylation sites (tertiary alicyclic amines) is 1. The van der Waals surface area contributed by atoms with E-state index in [1.54, 1.807) is 21.3 Å². The molecular weight excluding hydrogens is 436 g/mol. The first-order valence-corrected chi connectivity index (χ1v) is 13.1. The molecule has 0 saturated carbocycles. The molecule has 0 spiro atoms. The number of nitrogens with zero attached hydrogens (tertiary/aromatic N) is 1. The molecule has 188 valence electrons. The Balaban J connectivity index is 0.00000129. The number of rotatable bonds is 8. The number of nitrogens with one attached hydrogen (secondary N) is 1. The predicted octanol–water partition coefficient (Wildman–Crippen LogP) is 5.65. The minimum atomic E-state index is -0.0203. The molecule has 2 heterocycles. The number of dihydropyridines is 1. The van der Waals surface area contributed by atoms with Crippen LogP contribution in [-0.4, -0.2) is 64.2 Å². The number of ether oxygens (including phenoxy) is 4. The molecule has 1 fully saturated rings. The molecule has 1 atom stereocenters. The molecule has 0 aliphatic carbocycles. The zero-order valence-corrected chi connectivity index (χ0v) is 22.8. The van der Waals surface area contributed by atoms with Crippen molar-refractivity contribution in [2.45, 2.75) is 51.5 Å². The molecule has 6 nitrogen and oxygen atoms in total. The van der Waals surface area contributed by atoms with E-state index in [0.717, 1.165) is 38.0 Å². The van der Waals surface area contributed by atoms with Crippen molar-refractivity contribution in [2.24, 2.45) is 0 Å². The summed E-state index contributed by atoms with van der Waals surface area (Å²) in [7, 11) is 6.73. The Labute approximate surface area is 205 Å². The Hall–Kier alpha value is -1.83. The van der Waals surface area contributed by atoms with Gasteiger partial charge in [-0.05, 0) is 54.6 Å². The molecule has 1 unspecified atom stereocenters. The molecule has 2 aliphatic heterocycles. The summed E-state index contributed by atoms with van der Waals surface area (Å²) in [5, 5.41) is 3.42. The highest BCUT2D eigenvalue weighted by atomic mass is 32.2. The van der Waals surface area contributed by atoms with Gasteiger partial charge < -0.3 is 24.3 Å². The van der Waals surface area contributed by atoms with Gasteiger partial charge in [0.05, 0.1) is 27.4 Å². The lowest BCUT2D eigenvalue weighted by Gasteiger charge is -2.40. The van der Waals surface area contributed by atoms with Crippen LogP contribution in [-0.2, 0) is 4.74 Å². The van der Waals surface area contributed by atoms with Crippen LogP contribution in [0.5, 0.6) is 17.2 Å². The van der Waals surface area contributed by atoms with Crippen molar-refractivity contribution in [2.75, 3.05) is 54.3 Å². The fraction of sp³-hybridized carbons (Fsp3) is 0.615. The van der Waals surface area contributed by atoms with Crippen molar-refractivity contribution in [3.05, 3.63) is 41.6 Å². The summed E-state index contributed by atoms with van der Waals surface area (Å²) in [6, 6.07) is 4.05. The molecule has 1 saturated heterocycles. The van der Waals surface area contributed by atoms with Crippen molar-refractivity contribution < 1.29 is 18.9 Å². The van der Waals surface area contributed by atoms with Gasteiger partial charge in [0.1, 0.15) is 4.93 Å². The van der Waals surface area contributed by atoms with Gasteiger partial charge >= 0.3 is 0 Å². The molecular formula is C26H44N2O4S. The number of thioether (sulfide) groups is 1. The molecule has 1 N–H and O–H groups in total. The average Bonchev–Trinajstić information content (AvgIpc) is 2.90. The van der Waals surface area contributed by atoms with E-state index in [-0.39, 0.29) is 11.0 Å². The molecule has 33 heavy (non-hydrogen) atoms.